The lowest BCUT2D eigenvalue weighted by Gasteiger charge is -2.28. The average molecular weight is 338 g/mol. The second-order valence-electron chi connectivity index (χ2n) is 6.44. The third-order valence-corrected chi connectivity index (χ3v) is 4.67. The summed E-state index contributed by atoms with van der Waals surface area (Å²) in [6, 6.07) is 6.21. The highest BCUT2D eigenvalue weighted by Gasteiger charge is 2.31. The third-order valence-electron chi connectivity index (χ3n) is 4.67. The highest BCUT2D eigenvalue weighted by atomic mass is 16.7. The van der Waals surface area contributed by atoms with Crippen molar-refractivity contribution in [3.63, 3.8) is 0 Å². The van der Waals surface area contributed by atoms with E-state index in [9.17, 15) is 0 Å². The van der Waals surface area contributed by atoms with Crippen molar-refractivity contribution in [3.8, 4) is 11.4 Å². The van der Waals surface area contributed by atoms with E-state index in [2.05, 4.69) is 39.3 Å². The largest absolute Gasteiger partial charge is 0.495 e. The number of imidazole rings is 1. The topological polar surface area (TPSA) is 51.9 Å². The minimum atomic E-state index is 0.0279. The van der Waals surface area contributed by atoms with Gasteiger partial charge in [0.15, 0.2) is 12.1 Å². The number of rotatable bonds is 3. The van der Waals surface area contributed by atoms with Gasteiger partial charge in [-0.25, -0.2) is 4.98 Å². The minimum absolute atomic E-state index is 0.0279. The van der Waals surface area contributed by atoms with Gasteiger partial charge in [-0.15, -0.1) is 0 Å². The van der Waals surface area contributed by atoms with Gasteiger partial charge in [-0.1, -0.05) is 11.2 Å². The van der Waals surface area contributed by atoms with Gasteiger partial charge in [0.2, 0.25) is 0 Å². The Morgan fingerprint density at radius 2 is 2.24 bits per heavy atom. The quantitative estimate of drug-likeness (QED) is 0.861. The van der Waals surface area contributed by atoms with Crippen LogP contribution in [0.2, 0.25) is 0 Å². The maximum Gasteiger partial charge on any atom is 0.198 e. The number of nitrogens with zero attached hydrogens (tertiary/aromatic N) is 4. The number of amidine groups is 1. The fraction of sp³-hybridized carbons (Fsp3) is 0.368. The predicted octanol–water partition coefficient (Wildman–Crippen LogP) is 3.36. The van der Waals surface area contributed by atoms with Gasteiger partial charge in [0.1, 0.15) is 5.75 Å². The molecule has 4 rings (SSSR count). The van der Waals surface area contributed by atoms with Crippen LogP contribution >= 0.6 is 0 Å². The van der Waals surface area contributed by atoms with Crippen molar-refractivity contribution in [2.24, 2.45) is 5.16 Å². The van der Waals surface area contributed by atoms with E-state index in [1.165, 1.54) is 5.57 Å². The maximum atomic E-state index is 5.60. The van der Waals surface area contributed by atoms with Crippen LogP contribution in [0.4, 0.5) is 0 Å². The summed E-state index contributed by atoms with van der Waals surface area (Å²) < 4.78 is 7.58. The number of oxime groups is 1. The summed E-state index contributed by atoms with van der Waals surface area (Å²) in [7, 11) is 1.69. The summed E-state index contributed by atoms with van der Waals surface area (Å²) in [5.74, 6) is 1.78. The number of hydrogen-bond acceptors (Lipinski definition) is 5. The average Bonchev–Trinajstić information content (AvgIpc) is 3.22. The Kier molecular flexibility index (Phi) is 3.95. The van der Waals surface area contributed by atoms with Gasteiger partial charge in [0, 0.05) is 12.7 Å². The van der Waals surface area contributed by atoms with Gasteiger partial charge in [-0.2, -0.15) is 0 Å². The number of piperidine rings is 1. The monoisotopic (exact) mass is 338 g/mol. The minimum Gasteiger partial charge on any atom is -0.495 e. The second kappa shape index (κ2) is 6.27. The summed E-state index contributed by atoms with van der Waals surface area (Å²) in [5.41, 5.74) is 4.26. The fourth-order valence-electron chi connectivity index (χ4n) is 3.38. The molecule has 1 atom stereocenters. The number of aromatic nitrogens is 2. The number of ether oxygens (including phenoxy) is 1. The molecule has 0 aliphatic carbocycles. The van der Waals surface area contributed by atoms with Crippen LogP contribution < -0.4 is 4.74 Å². The van der Waals surface area contributed by atoms with Gasteiger partial charge < -0.3 is 19.0 Å². The highest BCUT2D eigenvalue weighted by molar-refractivity contribution is 6.03. The molecule has 1 aromatic heterocycles. The molecule has 1 fully saturated rings. The molecule has 3 heterocycles. The van der Waals surface area contributed by atoms with Crippen molar-refractivity contribution in [1.29, 1.82) is 0 Å². The summed E-state index contributed by atoms with van der Waals surface area (Å²) in [6.45, 7) is 5.01. The number of benzene rings is 1. The molecule has 0 spiro atoms. The van der Waals surface area contributed by atoms with Gasteiger partial charge in [-0.05, 0) is 56.0 Å². The summed E-state index contributed by atoms with van der Waals surface area (Å²) >= 11 is 0. The third kappa shape index (κ3) is 2.88. The molecule has 0 unspecified atom stereocenters. The molecule has 6 heteroatoms. The zero-order valence-electron chi connectivity index (χ0n) is 14.8. The molecule has 2 aliphatic rings. The van der Waals surface area contributed by atoms with Crippen LogP contribution in [0.15, 0.2) is 41.5 Å². The first kappa shape index (κ1) is 15.7. The molecule has 0 radical (unpaired) electrons. The standard InChI is InChI=1S/C19H22N4O2/c1-13-11-22(12-20-13)17-7-6-15(10-18(17)24-3)9-16-5-4-8-23-14(2)25-21-19(16)23/h6-7,9-12,14H,4-5,8H2,1-3H3/b16-9+/t14-/m0/s1. The molecule has 6 nitrogen and oxygen atoms in total. The Hall–Kier alpha value is -2.76. The van der Waals surface area contributed by atoms with Crippen LogP contribution in [0.3, 0.4) is 0 Å². The van der Waals surface area contributed by atoms with E-state index in [0.29, 0.717) is 0 Å². The van der Waals surface area contributed by atoms with E-state index in [1.54, 1.807) is 13.4 Å². The van der Waals surface area contributed by atoms with Crippen LogP contribution in [0.5, 0.6) is 5.75 Å². The lowest BCUT2D eigenvalue weighted by molar-refractivity contribution is 0.0242. The smallest absolute Gasteiger partial charge is 0.198 e. The number of fused-ring (bicyclic) bond motifs is 1. The first-order valence-electron chi connectivity index (χ1n) is 8.56. The Bertz CT molecular complexity index is 853. The van der Waals surface area contributed by atoms with E-state index < -0.39 is 0 Å². The summed E-state index contributed by atoms with van der Waals surface area (Å²) in [5, 5.41) is 4.26. The summed E-state index contributed by atoms with van der Waals surface area (Å²) in [4.78, 5) is 11.9. The lowest BCUT2D eigenvalue weighted by Crippen LogP contribution is -2.38. The molecule has 0 saturated carbocycles. The maximum absolute atomic E-state index is 5.60. The van der Waals surface area contributed by atoms with E-state index in [4.69, 9.17) is 9.57 Å². The molecule has 2 aromatic rings. The molecule has 0 N–H and O–H groups in total. The van der Waals surface area contributed by atoms with E-state index in [-0.39, 0.29) is 6.23 Å². The molecule has 130 valence electrons. The first-order valence-corrected chi connectivity index (χ1v) is 8.56. The molecular weight excluding hydrogens is 316 g/mol. The first-order chi connectivity index (χ1) is 12.2. The zero-order valence-corrected chi connectivity index (χ0v) is 14.8. The number of hydrogen-bond donors (Lipinski definition) is 0. The highest BCUT2D eigenvalue weighted by Crippen LogP contribution is 2.30. The van der Waals surface area contributed by atoms with E-state index in [0.717, 1.165) is 47.9 Å². The van der Waals surface area contributed by atoms with Crippen molar-refractivity contribution < 1.29 is 9.57 Å². The van der Waals surface area contributed by atoms with Crippen molar-refractivity contribution in [2.45, 2.75) is 32.9 Å². The van der Waals surface area contributed by atoms with Crippen molar-refractivity contribution in [2.75, 3.05) is 13.7 Å². The van der Waals surface area contributed by atoms with Crippen LogP contribution in [0.1, 0.15) is 31.0 Å². The predicted molar refractivity (Wildman–Crippen MR) is 96.8 cm³/mol. The van der Waals surface area contributed by atoms with E-state index >= 15 is 0 Å². The Morgan fingerprint density at radius 3 is 3.00 bits per heavy atom. The second-order valence-corrected chi connectivity index (χ2v) is 6.44. The van der Waals surface area contributed by atoms with Gasteiger partial charge in [-0.3, -0.25) is 0 Å². The van der Waals surface area contributed by atoms with E-state index in [1.807, 2.05) is 24.6 Å². The van der Waals surface area contributed by atoms with Gasteiger partial charge >= 0.3 is 0 Å². The lowest BCUT2D eigenvalue weighted by atomic mass is 10.00. The Balaban J connectivity index is 1.67. The zero-order chi connectivity index (χ0) is 17.4. The normalized spacial score (nSPS) is 21.1. The SMILES string of the molecule is COc1cc(/C=C2\CCCN3C2=NO[C@H]3C)ccc1-n1cnc(C)c1. The van der Waals surface area contributed by atoms with Crippen molar-refractivity contribution in [1.82, 2.24) is 14.5 Å². The van der Waals surface area contributed by atoms with Crippen LogP contribution in [0.25, 0.3) is 11.8 Å². The molecule has 0 amide bonds. The van der Waals surface area contributed by atoms with Gasteiger partial charge in [0.25, 0.3) is 0 Å². The van der Waals surface area contributed by atoms with Crippen LogP contribution in [0, 0.1) is 6.92 Å². The molecule has 25 heavy (non-hydrogen) atoms. The summed E-state index contributed by atoms with van der Waals surface area (Å²) in [6.07, 6.45) is 8.12. The molecule has 1 aromatic carbocycles. The van der Waals surface area contributed by atoms with Crippen LogP contribution in [-0.4, -0.2) is 40.2 Å². The Labute approximate surface area is 147 Å². The Morgan fingerprint density at radius 1 is 1.36 bits per heavy atom. The molecule has 2 aliphatic heterocycles. The van der Waals surface area contributed by atoms with Crippen molar-refractivity contribution >= 4 is 11.9 Å². The molecule has 0 bridgehead atoms. The van der Waals surface area contributed by atoms with Gasteiger partial charge in [0.05, 0.1) is 24.8 Å². The van der Waals surface area contributed by atoms with Crippen LogP contribution in [-0.2, 0) is 4.84 Å². The molecular formula is C19H22N4O2. The van der Waals surface area contributed by atoms with Crippen molar-refractivity contribution in [3.05, 3.63) is 47.6 Å². The number of methoxy groups -OCH3 is 1. The fourth-order valence-corrected chi connectivity index (χ4v) is 3.38. The number of aryl methyl sites for hydroxylation is 1. The molecule has 1 saturated heterocycles.